The lowest BCUT2D eigenvalue weighted by molar-refractivity contribution is 0.0431. The number of oxazole rings is 1. The molecule has 1 atom stereocenters. The third-order valence-corrected chi connectivity index (χ3v) is 2.75. The van der Waals surface area contributed by atoms with Crippen molar-refractivity contribution in [2.24, 2.45) is 0 Å². The molecule has 1 aromatic carbocycles. The van der Waals surface area contributed by atoms with E-state index in [4.69, 9.17) is 4.42 Å². The summed E-state index contributed by atoms with van der Waals surface area (Å²) in [4.78, 5) is 4.07. The molecule has 0 amide bonds. The fraction of sp³-hybridized carbons (Fsp3) is 0.214. The van der Waals surface area contributed by atoms with E-state index >= 15 is 0 Å². The molecule has 0 aliphatic heterocycles. The summed E-state index contributed by atoms with van der Waals surface area (Å²) in [6.07, 6.45) is 5.97. The predicted molar refractivity (Wildman–Crippen MR) is 65.4 cm³/mol. The summed E-state index contributed by atoms with van der Waals surface area (Å²) < 4.78 is 5.25. The molecule has 0 bridgehead atoms. The molecular weight excluding hydrogens is 214 g/mol. The van der Waals surface area contributed by atoms with Gasteiger partial charge >= 0.3 is 0 Å². The highest BCUT2D eigenvalue weighted by atomic mass is 16.4. The van der Waals surface area contributed by atoms with Crippen molar-refractivity contribution in [2.75, 3.05) is 0 Å². The van der Waals surface area contributed by atoms with Crippen LogP contribution in [0, 0.1) is 0 Å². The van der Waals surface area contributed by atoms with E-state index in [2.05, 4.69) is 11.6 Å². The van der Waals surface area contributed by atoms with Crippen LogP contribution in [-0.4, -0.2) is 10.1 Å². The van der Waals surface area contributed by atoms with E-state index in [0.29, 0.717) is 18.7 Å². The van der Waals surface area contributed by atoms with Gasteiger partial charge in [-0.2, -0.15) is 0 Å². The summed E-state index contributed by atoms with van der Waals surface area (Å²) in [6, 6.07) is 9.42. The minimum atomic E-state index is -1.18. The fourth-order valence-corrected chi connectivity index (χ4v) is 1.83. The van der Waals surface area contributed by atoms with Crippen molar-refractivity contribution in [1.82, 2.24) is 4.98 Å². The predicted octanol–water partition coefficient (Wildman–Crippen LogP) is 2.88. The van der Waals surface area contributed by atoms with Gasteiger partial charge in [-0.15, -0.1) is 6.58 Å². The average Bonchev–Trinajstić information content (AvgIpc) is 2.91. The van der Waals surface area contributed by atoms with Gasteiger partial charge in [0.25, 0.3) is 0 Å². The summed E-state index contributed by atoms with van der Waals surface area (Å²) in [7, 11) is 0. The Kier molecular flexibility index (Phi) is 3.40. The first-order valence-corrected chi connectivity index (χ1v) is 5.56. The van der Waals surface area contributed by atoms with Gasteiger partial charge in [0.1, 0.15) is 6.26 Å². The number of aliphatic hydroxyl groups is 1. The molecule has 3 nitrogen and oxygen atoms in total. The van der Waals surface area contributed by atoms with Gasteiger partial charge in [-0.25, -0.2) is 4.98 Å². The zero-order valence-electron chi connectivity index (χ0n) is 9.54. The third kappa shape index (κ3) is 2.29. The molecule has 0 aliphatic rings. The van der Waals surface area contributed by atoms with Crippen molar-refractivity contribution in [2.45, 2.75) is 18.4 Å². The maximum Gasteiger partial charge on any atom is 0.230 e. The number of hydrogen-bond donors (Lipinski definition) is 1. The van der Waals surface area contributed by atoms with Crippen molar-refractivity contribution in [3.63, 3.8) is 0 Å². The molecule has 1 unspecified atom stereocenters. The molecule has 2 aromatic rings. The lowest BCUT2D eigenvalue weighted by Crippen LogP contribution is -2.27. The first-order chi connectivity index (χ1) is 8.27. The molecular formula is C14H15NO2. The molecule has 1 heterocycles. The van der Waals surface area contributed by atoms with Crippen LogP contribution in [0.4, 0.5) is 0 Å². The topological polar surface area (TPSA) is 46.3 Å². The normalized spacial score (nSPS) is 14.2. The second-order valence-electron chi connectivity index (χ2n) is 3.89. The Labute approximate surface area is 100 Å². The van der Waals surface area contributed by atoms with Gasteiger partial charge in [0, 0.05) is 0 Å². The maximum atomic E-state index is 10.8. The van der Waals surface area contributed by atoms with Crippen LogP contribution in [0.25, 0.3) is 0 Å². The molecule has 0 aliphatic carbocycles. The van der Waals surface area contributed by atoms with Gasteiger partial charge in [0.05, 0.1) is 6.20 Å². The van der Waals surface area contributed by atoms with E-state index in [9.17, 15) is 5.11 Å². The van der Waals surface area contributed by atoms with Crippen LogP contribution in [-0.2, 0) is 5.60 Å². The Hall–Kier alpha value is -1.87. The molecule has 0 saturated carbocycles. The fourth-order valence-electron chi connectivity index (χ4n) is 1.83. The Morgan fingerprint density at radius 1 is 1.35 bits per heavy atom. The first kappa shape index (κ1) is 11.6. The standard InChI is InChI=1S/C14H15NO2/c1-2-3-9-14(16,13-15-10-11-17-13)12-7-5-4-6-8-12/h2,4-8,10-11,16H,1,3,9H2. The van der Waals surface area contributed by atoms with Gasteiger partial charge in [-0.1, -0.05) is 36.4 Å². The van der Waals surface area contributed by atoms with Crippen LogP contribution in [0.1, 0.15) is 24.3 Å². The largest absolute Gasteiger partial charge is 0.446 e. The molecule has 0 fully saturated rings. The molecule has 2 rings (SSSR count). The lowest BCUT2D eigenvalue weighted by Gasteiger charge is -2.24. The summed E-state index contributed by atoms with van der Waals surface area (Å²) in [6.45, 7) is 3.68. The molecule has 88 valence electrons. The lowest BCUT2D eigenvalue weighted by atomic mass is 9.89. The zero-order valence-corrected chi connectivity index (χ0v) is 9.54. The molecule has 17 heavy (non-hydrogen) atoms. The van der Waals surface area contributed by atoms with Crippen molar-refractivity contribution in [1.29, 1.82) is 0 Å². The van der Waals surface area contributed by atoms with Gasteiger partial charge < -0.3 is 9.52 Å². The van der Waals surface area contributed by atoms with Gasteiger partial charge in [0.2, 0.25) is 5.89 Å². The molecule has 3 heteroatoms. The number of hydrogen-bond acceptors (Lipinski definition) is 3. The summed E-state index contributed by atoms with van der Waals surface area (Å²) in [5, 5.41) is 10.8. The number of aromatic nitrogens is 1. The highest BCUT2D eigenvalue weighted by Crippen LogP contribution is 2.32. The number of benzene rings is 1. The van der Waals surface area contributed by atoms with Crippen LogP contribution in [0.2, 0.25) is 0 Å². The van der Waals surface area contributed by atoms with Crippen LogP contribution in [0.5, 0.6) is 0 Å². The van der Waals surface area contributed by atoms with Crippen LogP contribution in [0.15, 0.2) is 59.9 Å². The van der Waals surface area contributed by atoms with Gasteiger partial charge in [0.15, 0.2) is 5.60 Å². The van der Waals surface area contributed by atoms with Crippen LogP contribution >= 0.6 is 0 Å². The zero-order chi connectivity index (χ0) is 12.1. The third-order valence-electron chi connectivity index (χ3n) is 2.75. The van der Waals surface area contributed by atoms with E-state index in [1.165, 1.54) is 12.5 Å². The summed E-state index contributed by atoms with van der Waals surface area (Å²) in [5.74, 6) is 0.325. The van der Waals surface area contributed by atoms with Gasteiger partial charge in [-0.05, 0) is 18.4 Å². The smallest absolute Gasteiger partial charge is 0.230 e. The minimum Gasteiger partial charge on any atom is -0.446 e. The molecule has 0 radical (unpaired) electrons. The van der Waals surface area contributed by atoms with Gasteiger partial charge in [-0.3, -0.25) is 0 Å². The van der Waals surface area contributed by atoms with Crippen molar-refractivity contribution < 1.29 is 9.52 Å². The number of rotatable bonds is 5. The quantitative estimate of drug-likeness (QED) is 0.802. The average molecular weight is 229 g/mol. The van der Waals surface area contributed by atoms with Crippen LogP contribution in [0.3, 0.4) is 0 Å². The molecule has 1 aromatic heterocycles. The van der Waals surface area contributed by atoms with Crippen LogP contribution < -0.4 is 0 Å². The van der Waals surface area contributed by atoms with Crippen molar-refractivity contribution in [3.05, 3.63) is 66.9 Å². The van der Waals surface area contributed by atoms with Crippen molar-refractivity contribution in [3.8, 4) is 0 Å². The Balaban J connectivity index is 2.40. The van der Waals surface area contributed by atoms with E-state index in [1.807, 2.05) is 30.3 Å². The molecule has 0 saturated heterocycles. The van der Waals surface area contributed by atoms with E-state index < -0.39 is 5.60 Å². The highest BCUT2D eigenvalue weighted by Gasteiger charge is 2.35. The monoisotopic (exact) mass is 229 g/mol. The van der Waals surface area contributed by atoms with E-state index in [-0.39, 0.29) is 0 Å². The van der Waals surface area contributed by atoms with E-state index in [1.54, 1.807) is 6.08 Å². The minimum absolute atomic E-state index is 0.325. The SMILES string of the molecule is C=CCCC(O)(c1ccccc1)c1ncco1. The summed E-state index contributed by atoms with van der Waals surface area (Å²) in [5.41, 5.74) is -0.400. The van der Waals surface area contributed by atoms with E-state index in [0.717, 1.165) is 5.56 Å². The second kappa shape index (κ2) is 4.97. The molecule has 1 N–H and O–H groups in total. The Bertz CT molecular complexity index is 464. The maximum absolute atomic E-state index is 10.8. The second-order valence-corrected chi connectivity index (χ2v) is 3.89. The Morgan fingerprint density at radius 3 is 2.71 bits per heavy atom. The molecule has 0 spiro atoms. The number of nitrogens with zero attached hydrogens (tertiary/aromatic N) is 1. The Morgan fingerprint density at radius 2 is 2.12 bits per heavy atom. The first-order valence-electron chi connectivity index (χ1n) is 5.56. The summed E-state index contributed by atoms with van der Waals surface area (Å²) >= 11 is 0. The number of allylic oxidation sites excluding steroid dienone is 1. The highest BCUT2D eigenvalue weighted by molar-refractivity contribution is 5.28. The van der Waals surface area contributed by atoms with Crippen molar-refractivity contribution >= 4 is 0 Å².